The number of fused-ring (bicyclic) bond motifs is 6. The number of hydrogen-bond donors (Lipinski definition) is 0. The summed E-state index contributed by atoms with van der Waals surface area (Å²) < 4.78 is 8.84. The summed E-state index contributed by atoms with van der Waals surface area (Å²) in [6.07, 6.45) is 0. The minimum Gasteiger partial charge on any atom is -0.456 e. The smallest absolute Gasteiger partial charge is 0.164 e. The van der Waals surface area contributed by atoms with E-state index in [1.165, 1.54) is 27.4 Å². The lowest BCUT2D eigenvalue weighted by molar-refractivity contribution is 0.669. The first-order chi connectivity index (χ1) is 27.7. The molecule has 3 aromatic heterocycles. The van der Waals surface area contributed by atoms with Crippen LogP contribution in [0.2, 0.25) is 0 Å². The molecule has 56 heavy (non-hydrogen) atoms. The summed E-state index contributed by atoms with van der Waals surface area (Å²) in [6, 6.07) is 67.6. The van der Waals surface area contributed by atoms with Crippen LogP contribution in [0.5, 0.6) is 0 Å². The van der Waals surface area contributed by atoms with Gasteiger partial charge in [0, 0.05) is 43.9 Å². The van der Waals surface area contributed by atoms with Crippen LogP contribution in [0.15, 0.2) is 199 Å². The molecule has 0 spiro atoms. The highest BCUT2D eigenvalue weighted by atomic mass is 16.3. The summed E-state index contributed by atoms with van der Waals surface area (Å²) in [7, 11) is 0. The normalized spacial score (nSPS) is 11.6. The molecule has 0 unspecified atom stereocenters. The number of para-hydroxylation sites is 2. The molecule has 11 rings (SSSR count). The number of benzene rings is 8. The third-order valence-electron chi connectivity index (χ3n) is 10.6. The molecule has 262 valence electrons. The van der Waals surface area contributed by atoms with Crippen molar-refractivity contribution in [3.05, 3.63) is 194 Å². The Kier molecular flexibility index (Phi) is 7.42. The van der Waals surface area contributed by atoms with Crippen LogP contribution in [0.4, 0.5) is 0 Å². The Hall–Kier alpha value is -7.63. The second-order valence-corrected chi connectivity index (χ2v) is 14.1. The van der Waals surface area contributed by atoms with Gasteiger partial charge in [0.05, 0.1) is 11.0 Å². The van der Waals surface area contributed by atoms with E-state index in [1.54, 1.807) is 0 Å². The Balaban J connectivity index is 0.975. The minimum atomic E-state index is 0.597. The van der Waals surface area contributed by atoms with Gasteiger partial charge >= 0.3 is 0 Å². The predicted octanol–water partition coefficient (Wildman–Crippen LogP) is 13.2. The van der Waals surface area contributed by atoms with Gasteiger partial charge in [0.25, 0.3) is 0 Å². The molecule has 0 amide bonds. The van der Waals surface area contributed by atoms with Crippen molar-refractivity contribution in [1.82, 2.24) is 19.5 Å². The van der Waals surface area contributed by atoms with Gasteiger partial charge in [0.15, 0.2) is 17.5 Å². The van der Waals surface area contributed by atoms with Crippen LogP contribution >= 0.6 is 0 Å². The SMILES string of the molecule is c1ccc(-c2nc(-c3ccccc3)nc(-c3ccc4c(c3)oc3ccc(-c5cccc(-c6ccc7c8ccccc8n(-c8ccccc8)c7c6)c5)cc34)n2)cc1. The molecule has 5 nitrogen and oxygen atoms in total. The first kappa shape index (κ1) is 31.9. The maximum Gasteiger partial charge on any atom is 0.164 e. The predicted molar refractivity (Wildman–Crippen MR) is 229 cm³/mol. The van der Waals surface area contributed by atoms with E-state index in [0.717, 1.165) is 61.0 Å². The minimum absolute atomic E-state index is 0.597. The molecule has 0 saturated heterocycles. The fourth-order valence-electron chi connectivity index (χ4n) is 7.92. The van der Waals surface area contributed by atoms with Crippen LogP contribution in [-0.4, -0.2) is 19.5 Å². The monoisotopic (exact) mass is 716 g/mol. The van der Waals surface area contributed by atoms with E-state index in [4.69, 9.17) is 19.4 Å². The molecule has 11 aromatic rings. The van der Waals surface area contributed by atoms with Gasteiger partial charge in [-0.1, -0.05) is 140 Å². The number of aromatic nitrogens is 4. The zero-order valence-corrected chi connectivity index (χ0v) is 30.2. The van der Waals surface area contributed by atoms with Crippen molar-refractivity contribution in [2.45, 2.75) is 0 Å². The van der Waals surface area contributed by atoms with Gasteiger partial charge in [-0.15, -0.1) is 0 Å². The van der Waals surface area contributed by atoms with Crippen molar-refractivity contribution in [2.75, 3.05) is 0 Å². The molecule has 8 aromatic carbocycles. The molecule has 0 saturated carbocycles. The topological polar surface area (TPSA) is 56.7 Å². The maximum absolute atomic E-state index is 6.47. The van der Waals surface area contributed by atoms with Gasteiger partial charge in [0.2, 0.25) is 0 Å². The number of rotatable bonds is 6. The van der Waals surface area contributed by atoms with Crippen LogP contribution in [-0.2, 0) is 0 Å². The molecule has 3 heterocycles. The molecule has 0 aliphatic rings. The highest BCUT2D eigenvalue weighted by molar-refractivity contribution is 6.10. The number of furan rings is 1. The molecule has 0 fully saturated rings. The summed E-state index contributed by atoms with van der Waals surface area (Å²) in [6.45, 7) is 0. The molecular weight excluding hydrogens is 685 g/mol. The van der Waals surface area contributed by atoms with Crippen LogP contribution in [0.3, 0.4) is 0 Å². The van der Waals surface area contributed by atoms with Crippen LogP contribution in [0.25, 0.3) is 106 Å². The third-order valence-corrected chi connectivity index (χ3v) is 10.6. The zero-order chi connectivity index (χ0) is 37.0. The van der Waals surface area contributed by atoms with E-state index in [-0.39, 0.29) is 0 Å². The average Bonchev–Trinajstić information content (AvgIpc) is 3.81. The van der Waals surface area contributed by atoms with Crippen molar-refractivity contribution in [1.29, 1.82) is 0 Å². The fraction of sp³-hybridized carbons (Fsp3) is 0. The Morgan fingerprint density at radius 2 is 0.821 bits per heavy atom. The summed E-state index contributed by atoms with van der Waals surface area (Å²) in [4.78, 5) is 14.7. The second kappa shape index (κ2) is 13.0. The summed E-state index contributed by atoms with van der Waals surface area (Å²) in [5.74, 6) is 1.86. The second-order valence-electron chi connectivity index (χ2n) is 14.1. The largest absolute Gasteiger partial charge is 0.456 e. The van der Waals surface area contributed by atoms with E-state index in [0.29, 0.717) is 17.5 Å². The Morgan fingerprint density at radius 1 is 0.304 bits per heavy atom. The lowest BCUT2D eigenvalue weighted by Gasteiger charge is -2.10. The van der Waals surface area contributed by atoms with E-state index < -0.39 is 0 Å². The average molecular weight is 717 g/mol. The molecule has 0 bridgehead atoms. The first-order valence-corrected chi connectivity index (χ1v) is 18.8. The Morgan fingerprint density at radius 3 is 1.54 bits per heavy atom. The highest BCUT2D eigenvalue weighted by Gasteiger charge is 2.16. The van der Waals surface area contributed by atoms with E-state index in [1.807, 2.05) is 66.7 Å². The molecule has 5 heteroatoms. The third kappa shape index (κ3) is 5.45. The van der Waals surface area contributed by atoms with E-state index >= 15 is 0 Å². The zero-order valence-electron chi connectivity index (χ0n) is 30.2. The standard InChI is InChI=1S/C51H32N4O/c1-4-13-33(14-5-1)49-52-50(34-15-6-2-7-16-34)54-51(53-49)39-24-27-43-44-30-37(25-28-47(44)56-48(43)32-39)35-17-12-18-36(29-35)38-23-26-42-41-21-10-11-22-45(41)55(46(42)31-38)40-19-8-3-9-20-40/h1-32H. The van der Waals surface area contributed by atoms with Crippen LogP contribution in [0, 0.1) is 0 Å². The highest BCUT2D eigenvalue weighted by Crippen LogP contribution is 2.38. The van der Waals surface area contributed by atoms with Gasteiger partial charge in [-0.25, -0.2) is 15.0 Å². The quantitative estimate of drug-likeness (QED) is 0.172. The van der Waals surface area contributed by atoms with Crippen molar-refractivity contribution in [2.24, 2.45) is 0 Å². The maximum atomic E-state index is 6.47. The summed E-state index contributed by atoms with van der Waals surface area (Å²) in [5, 5.41) is 4.60. The van der Waals surface area contributed by atoms with Gasteiger partial charge in [-0.05, 0) is 76.9 Å². The van der Waals surface area contributed by atoms with E-state index in [2.05, 4.69) is 132 Å². The van der Waals surface area contributed by atoms with Gasteiger partial charge in [-0.3, -0.25) is 0 Å². The summed E-state index contributed by atoms with van der Waals surface area (Å²) >= 11 is 0. The number of nitrogens with zero attached hydrogens (tertiary/aromatic N) is 4. The fourth-order valence-corrected chi connectivity index (χ4v) is 7.92. The first-order valence-electron chi connectivity index (χ1n) is 18.8. The van der Waals surface area contributed by atoms with E-state index in [9.17, 15) is 0 Å². The number of hydrogen-bond acceptors (Lipinski definition) is 4. The van der Waals surface area contributed by atoms with Crippen molar-refractivity contribution in [3.63, 3.8) is 0 Å². The molecule has 0 N–H and O–H groups in total. The van der Waals surface area contributed by atoms with Gasteiger partial charge in [-0.2, -0.15) is 0 Å². The Labute approximate surface area is 322 Å². The van der Waals surface area contributed by atoms with Crippen molar-refractivity contribution >= 4 is 43.7 Å². The van der Waals surface area contributed by atoms with Crippen molar-refractivity contribution < 1.29 is 4.42 Å². The van der Waals surface area contributed by atoms with Crippen LogP contribution in [0.1, 0.15) is 0 Å². The Bertz CT molecular complexity index is 3180. The summed E-state index contributed by atoms with van der Waals surface area (Å²) in [5.41, 5.74) is 12.5. The van der Waals surface area contributed by atoms with Gasteiger partial charge < -0.3 is 8.98 Å². The van der Waals surface area contributed by atoms with Crippen molar-refractivity contribution in [3.8, 4) is 62.1 Å². The lowest BCUT2D eigenvalue weighted by atomic mass is 9.97. The molecule has 0 aliphatic heterocycles. The molecule has 0 radical (unpaired) electrons. The molecular formula is C51H32N4O. The lowest BCUT2D eigenvalue weighted by Crippen LogP contribution is -2.00. The van der Waals surface area contributed by atoms with Crippen LogP contribution < -0.4 is 0 Å². The molecule has 0 aliphatic carbocycles. The molecule has 0 atom stereocenters. The van der Waals surface area contributed by atoms with Gasteiger partial charge in [0.1, 0.15) is 11.2 Å².